The van der Waals surface area contributed by atoms with Crippen LogP contribution in [-0.4, -0.2) is 64.2 Å². The van der Waals surface area contributed by atoms with Crippen LogP contribution in [0.15, 0.2) is 36.4 Å². The van der Waals surface area contributed by atoms with E-state index >= 15 is 0 Å². The molecular formula is C26H35Cl2N3O6S. The molecule has 0 heterocycles. The standard InChI is InChI=1S/C26H35Cl2N3O6S/c1-7-17(3)29-26(33)22(8-2)30(15-18-9-10-19(27)13-21(18)28)25(32)16-31(38(6,34)35)20-11-12-23(36-4)24(14-20)37-5/h9-14,17,22H,7-8,15-16H2,1-6H3,(H,29,33). The summed E-state index contributed by atoms with van der Waals surface area (Å²) in [6.07, 6.45) is 2.01. The van der Waals surface area contributed by atoms with Gasteiger partial charge in [0.2, 0.25) is 21.8 Å². The number of sulfonamides is 1. The first kappa shape index (κ1) is 31.5. The molecular weight excluding hydrogens is 553 g/mol. The van der Waals surface area contributed by atoms with Crippen LogP contribution in [0.3, 0.4) is 0 Å². The highest BCUT2D eigenvalue weighted by Crippen LogP contribution is 2.32. The molecule has 210 valence electrons. The van der Waals surface area contributed by atoms with Gasteiger partial charge in [0.05, 0.1) is 26.2 Å². The number of carbonyl (C=O) groups is 2. The number of ether oxygens (including phenoxy) is 2. The molecule has 0 fully saturated rings. The SMILES string of the molecule is CCC(C)NC(=O)C(CC)N(Cc1ccc(Cl)cc1Cl)C(=O)CN(c1ccc(OC)c(OC)c1)S(C)(=O)=O. The minimum absolute atomic E-state index is 0.0230. The fraction of sp³-hybridized carbons (Fsp3) is 0.462. The molecule has 0 aliphatic heterocycles. The maximum absolute atomic E-state index is 13.8. The van der Waals surface area contributed by atoms with Crippen LogP contribution in [0.25, 0.3) is 0 Å². The van der Waals surface area contributed by atoms with Crippen molar-refractivity contribution in [3.05, 3.63) is 52.0 Å². The molecule has 0 saturated heterocycles. The highest BCUT2D eigenvalue weighted by atomic mass is 35.5. The molecule has 2 aromatic carbocycles. The smallest absolute Gasteiger partial charge is 0.244 e. The number of hydrogen-bond donors (Lipinski definition) is 1. The molecule has 0 bridgehead atoms. The zero-order chi connectivity index (χ0) is 28.6. The molecule has 0 radical (unpaired) electrons. The third-order valence-electron chi connectivity index (χ3n) is 6.08. The summed E-state index contributed by atoms with van der Waals surface area (Å²) in [4.78, 5) is 28.4. The first-order valence-corrected chi connectivity index (χ1v) is 14.7. The predicted octanol–water partition coefficient (Wildman–Crippen LogP) is 4.50. The zero-order valence-electron chi connectivity index (χ0n) is 22.5. The van der Waals surface area contributed by atoms with Gasteiger partial charge in [-0.05, 0) is 49.6 Å². The summed E-state index contributed by atoms with van der Waals surface area (Å²) in [7, 11) is -1.02. The Morgan fingerprint density at radius 2 is 1.66 bits per heavy atom. The van der Waals surface area contributed by atoms with Crippen LogP contribution in [0.5, 0.6) is 11.5 Å². The maximum atomic E-state index is 13.8. The lowest BCUT2D eigenvalue weighted by molar-refractivity contribution is -0.140. The number of amides is 2. The second-order valence-corrected chi connectivity index (χ2v) is 11.6. The number of methoxy groups -OCH3 is 2. The second-order valence-electron chi connectivity index (χ2n) is 8.81. The van der Waals surface area contributed by atoms with E-state index in [0.29, 0.717) is 39.9 Å². The number of rotatable bonds is 13. The van der Waals surface area contributed by atoms with E-state index in [1.165, 1.54) is 31.3 Å². The minimum Gasteiger partial charge on any atom is -0.493 e. The molecule has 2 rings (SSSR count). The molecule has 0 aromatic heterocycles. The summed E-state index contributed by atoms with van der Waals surface area (Å²) in [5.74, 6) is -0.210. The van der Waals surface area contributed by atoms with Crippen molar-refractivity contribution in [2.24, 2.45) is 0 Å². The Bertz CT molecular complexity index is 1240. The topological polar surface area (TPSA) is 105 Å². The van der Waals surface area contributed by atoms with Gasteiger partial charge in [0.1, 0.15) is 12.6 Å². The van der Waals surface area contributed by atoms with E-state index in [0.717, 1.165) is 10.6 Å². The van der Waals surface area contributed by atoms with Gasteiger partial charge in [-0.2, -0.15) is 0 Å². The number of carbonyl (C=O) groups excluding carboxylic acids is 2. The van der Waals surface area contributed by atoms with Crippen LogP contribution < -0.4 is 19.1 Å². The van der Waals surface area contributed by atoms with Gasteiger partial charge in [-0.3, -0.25) is 13.9 Å². The van der Waals surface area contributed by atoms with Crippen LogP contribution in [0.4, 0.5) is 5.69 Å². The Kier molecular flexibility index (Phi) is 11.5. The van der Waals surface area contributed by atoms with Gasteiger partial charge in [-0.15, -0.1) is 0 Å². The number of nitrogens with one attached hydrogen (secondary N) is 1. The molecule has 2 unspecified atom stereocenters. The molecule has 12 heteroatoms. The van der Waals surface area contributed by atoms with Crippen molar-refractivity contribution in [2.75, 3.05) is 31.3 Å². The summed E-state index contributed by atoms with van der Waals surface area (Å²) < 4.78 is 37.2. The van der Waals surface area contributed by atoms with Crippen molar-refractivity contribution < 1.29 is 27.5 Å². The van der Waals surface area contributed by atoms with Crippen molar-refractivity contribution in [1.29, 1.82) is 0 Å². The molecule has 2 aromatic rings. The molecule has 0 aliphatic carbocycles. The average molecular weight is 589 g/mol. The van der Waals surface area contributed by atoms with Crippen LogP contribution in [0.2, 0.25) is 10.0 Å². The Morgan fingerprint density at radius 1 is 1.00 bits per heavy atom. The predicted molar refractivity (Wildman–Crippen MR) is 151 cm³/mol. The van der Waals surface area contributed by atoms with Crippen LogP contribution >= 0.6 is 23.2 Å². The van der Waals surface area contributed by atoms with Gasteiger partial charge in [-0.1, -0.05) is 43.1 Å². The van der Waals surface area contributed by atoms with Gasteiger partial charge >= 0.3 is 0 Å². The van der Waals surface area contributed by atoms with Crippen molar-refractivity contribution in [2.45, 2.75) is 52.2 Å². The number of anilines is 1. The van der Waals surface area contributed by atoms with E-state index in [-0.39, 0.29) is 24.2 Å². The summed E-state index contributed by atoms with van der Waals surface area (Å²) in [6, 6.07) is 8.43. The van der Waals surface area contributed by atoms with E-state index in [9.17, 15) is 18.0 Å². The van der Waals surface area contributed by atoms with E-state index in [1.807, 2.05) is 13.8 Å². The maximum Gasteiger partial charge on any atom is 0.244 e. The average Bonchev–Trinajstić information content (AvgIpc) is 2.86. The van der Waals surface area contributed by atoms with Gasteiger partial charge in [-0.25, -0.2) is 8.42 Å². The van der Waals surface area contributed by atoms with Crippen LogP contribution in [-0.2, 0) is 26.2 Å². The van der Waals surface area contributed by atoms with Crippen molar-refractivity contribution in [3.63, 3.8) is 0 Å². The zero-order valence-corrected chi connectivity index (χ0v) is 24.8. The Morgan fingerprint density at radius 3 is 2.18 bits per heavy atom. The molecule has 0 saturated carbocycles. The monoisotopic (exact) mass is 587 g/mol. The third-order valence-corrected chi connectivity index (χ3v) is 7.80. The highest BCUT2D eigenvalue weighted by molar-refractivity contribution is 7.92. The van der Waals surface area contributed by atoms with E-state index in [2.05, 4.69) is 5.32 Å². The minimum atomic E-state index is -3.91. The lowest BCUT2D eigenvalue weighted by Crippen LogP contribution is -2.53. The quantitative estimate of drug-likeness (QED) is 0.370. The number of halogens is 2. The molecule has 2 atom stereocenters. The highest BCUT2D eigenvalue weighted by Gasteiger charge is 2.32. The van der Waals surface area contributed by atoms with Crippen molar-refractivity contribution >= 4 is 50.7 Å². The molecule has 0 spiro atoms. The lowest BCUT2D eigenvalue weighted by Gasteiger charge is -2.33. The molecule has 2 amide bonds. The van der Waals surface area contributed by atoms with Crippen molar-refractivity contribution in [1.82, 2.24) is 10.2 Å². The van der Waals surface area contributed by atoms with Gasteiger partial charge in [0, 0.05) is 28.7 Å². The number of nitrogens with zero attached hydrogens (tertiary/aromatic N) is 2. The number of hydrogen-bond acceptors (Lipinski definition) is 6. The Balaban J connectivity index is 2.52. The van der Waals surface area contributed by atoms with Crippen LogP contribution in [0, 0.1) is 0 Å². The van der Waals surface area contributed by atoms with E-state index < -0.39 is 28.5 Å². The summed E-state index contributed by atoms with van der Waals surface area (Å²) in [5.41, 5.74) is 0.774. The van der Waals surface area contributed by atoms with Gasteiger partial charge < -0.3 is 19.7 Å². The summed E-state index contributed by atoms with van der Waals surface area (Å²) in [6.45, 7) is 5.02. The summed E-state index contributed by atoms with van der Waals surface area (Å²) in [5, 5.41) is 3.67. The van der Waals surface area contributed by atoms with E-state index in [4.69, 9.17) is 32.7 Å². The second kappa shape index (κ2) is 13.9. The molecule has 1 N–H and O–H groups in total. The first-order chi connectivity index (χ1) is 17.9. The third kappa shape index (κ3) is 8.15. The largest absolute Gasteiger partial charge is 0.493 e. The fourth-order valence-corrected chi connectivity index (χ4v) is 5.10. The lowest BCUT2D eigenvalue weighted by atomic mass is 10.1. The first-order valence-electron chi connectivity index (χ1n) is 12.1. The molecule has 9 nitrogen and oxygen atoms in total. The van der Waals surface area contributed by atoms with E-state index in [1.54, 1.807) is 31.2 Å². The summed E-state index contributed by atoms with van der Waals surface area (Å²) >= 11 is 12.4. The van der Waals surface area contributed by atoms with Crippen molar-refractivity contribution in [3.8, 4) is 11.5 Å². The number of benzene rings is 2. The molecule has 38 heavy (non-hydrogen) atoms. The van der Waals surface area contributed by atoms with Crippen LogP contribution in [0.1, 0.15) is 39.2 Å². The van der Waals surface area contributed by atoms with Gasteiger partial charge in [0.15, 0.2) is 11.5 Å². The van der Waals surface area contributed by atoms with Gasteiger partial charge in [0.25, 0.3) is 0 Å². The Hall–Kier alpha value is -2.69. The Labute approximate surface area is 235 Å². The molecule has 0 aliphatic rings. The fourth-order valence-electron chi connectivity index (χ4n) is 3.79. The normalized spacial score (nSPS) is 12.8.